The van der Waals surface area contributed by atoms with Crippen LogP contribution in [-0.2, 0) is 4.94 Å². The van der Waals surface area contributed by atoms with E-state index in [0.717, 1.165) is 13.1 Å². The number of rotatable bonds is 2. The lowest BCUT2D eigenvalue weighted by Crippen LogP contribution is -2.44. The maximum absolute atomic E-state index is 9.79. The van der Waals surface area contributed by atoms with Crippen molar-refractivity contribution >= 4 is 0 Å². The first-order valence-corrected chi connectivity index (χ1v) is 3.07. The summed E-state index contributed by atoms with van der Waals surface area (Å²) >= 11 is 0. The number of nitrogens with zero attached hydrogens (tertiary/aromatic N) is 2. The van der Waals surface area contributed by atoms with Crippen molar-refractivity contribution < 1.29 is 10.0 Å². The highest BCUT2D eigenvalue weighted by Gasteiger charge is 2.11. The molecule has 0 spiro atoms. The van der Waals surface area contributed by atoms with Crippen molar-refractivity contribution in [3.05, 3.63) is 10.1 Å². The molecule has 1 heterocycles. The lowest BCUT2D eigenvalue weighted by Gasteiger charge is -2.23. The van der Waals surface area contributed by atoms with Gasteiger partial charge < -0.3 is 5.32 Å². The highest BCUT2D eigenvalue weighted by Crippen LogP contribution is 1.92. The summed E-state index contributed by atoms with van der Waals surface area (Å²) in [4.78, 5) is 14.0. The predicted octanol–water partition coefficient (Wildman–Crippen LogP) is -0.985. The summed E-state index contributed by atoms with van der Waals surface area (Å²) in [5.74, 6) is 0. The SMILES string of the molecule is O=[N+]([O-])ON1CCNCC1. The molecule has 1 N–H and O–H groups in total. The van der Waals surface area contributed by atoms with Gasteiger partial charge in [0.1, 0.15) is 0 Å². The van der Waals surface area contributed by atoms with E-state index >= 15 is 0 Å². The van der Waals surface area contributed by atoms with Gasteiger partial charge in [-0.25, -0.2) is 4.94 Å². The third-order valence-electron chi connectivity index (χ3n) is 1.26. The highest BCUT2D eigenvalue weighted by molar-refractivity contribution is 4.58. The van der Waals surface area contributed by atoms with Crippen LogP contribution in [0.1, 0.15) is 0 Å². The zero-order chi connectivity index (χ0) is 7.40. The van der Waals surface area contributed by atoms with Crippen LogP contribution in [0.15, 0.2) is 0 Å². The molecule has 6 nitrogen and oxygen atoms in total. The average molecular weight is 147 g/mol. The van der Waals surface area contributed by atoms with Gasteiger partial charge in [-0.3, -0.25) is 0 Å². The van der Waals surface area contributed by atoms with E-state index in [1.54, 1.807) is 0 Å². The summed E-state index contributed by atoms with van der Waals surface area (Å²) < 4.78 is 0. The molecule has 0 aromatic rings. The van der Waals surface area contributed by atoms with Crippen molar-refractivity contribution in [2.75, 3.05) is 26.2 Å². The molecule has 1 saturated heterocycles. The lowest BCUT2D eigenvalue weighted by atomic mass is 10.4. The molecule has 0 bridgehead atoms. The van der Waals surface area contributed by atoms with Gasteiger partial charge in [0.2, 0.25) is 0 Å². The molecule has 10 heavy (non-hydrogen) atoms. The smallest absolute Gasteiger partial charge is 0.312 e. The van der Waals surface area contributed by atoms with Crippen LogP contribution < -0.4 is 5.32 Å². The van der Waals surface area contributed by atoms with Gasteiger partial charge in [-0.1, -0.05) is 0 Å². The predicted molar refractivity (Wildman–Crippen MR) is 32.5 cm³/mol. The Kier molecular flexibility index (Phi) is 2.41. The van der Waals surface area contributed by atoms with Crippen LogP contribution in [0.5, 0.6) is 0 Å². The Balaban J connectivity index is 2.19. The molecule has 0 unspecified atom stereocenters. The maximum Gasteiger partial charge on any atom is 0.312 e. The summed E-state index contributed by atoms with van der Waals surface area (Å²) in [5, 5.41) is 13.4. The Hall–Kier alpha value is -0.880. The molecule has 0 aromatic heterocycles. The van der Waals surface area contributed by atoms with Crippen molar-refractivity contribution in [2.45, 2.75) is 0 Å². The summed E-state index contributed by atoms with van der Waals surface area (Å²) in [5.41, 5.74) is 0. The maximum atomic E-state index is 9.79. The van der Waals surface area contributed by atoms with Crippen molar-refractivity contribution in [1.29, 1.82) is 0 Å². The van der Waals surface area contributed by atoms with Gasteiger partial charge in [-0.2, -0.15) is 0 Å². The number of hydroxylamine groups is 2. The molecule has 0 atom stereocenters. The van der Waals surface area contributed by atoms with E-state index in [4.69, 9.17) is 0 Å². The van der Waals surface area contributed by atoms with Crippen molar-refractivity contribution in [1.82, 2.24) is 10.4 Å². The number of piperazine rings is 1. The molecular formula is C4H9N3O3. The fourth-order valence-electron chi connectivity index (χ4n) is 0.820. The zero-order valence-corrected chi connectivity index (χ0v) is 5.45. The Morgan fingerprint density at radius 1 is 1.50 bits per heavy atom. The number of hydrogen-bond acceptors (Lipinski definition) is 5. The average Bonchev–Trinajstić information content (AvgIpc) is 1.88. The normalized spacial score (nSPS) is 20.4. The van der Waals surface area contributed by atoms with Gasteiger partial charge in [0.15, 0.2) is 0 Å². The summed E-state index contributed by atoms with van der Waals surface area (Å²) in [6, 6.07) is 0. The van der Waals surface area contributed by atoms with Gasteiger partial charge >= 0.3 is 5.09 Å². The Bertz CT molecular complexity index is 123. The van der Waals surface area contributed by atoms with Gasteiger partial charge in [0.05, 0.1) is 0 Å². The summed E-state index contributed by atoms with van der Waals surface area (Å²) in [6.45, 7) is 2.63. The second-order valence-electron chi connectivity index (χ2n) is 1.98. The third-order valence-corrected chi connectivity index (χ3v) is 1.26. The molecule has 0 aliphatic carbocycles. The topological polar surface area (TPSA) is 67.6 Å². The van der Waals surface area contributed by atoms with E-state index in [-0.39, 0.29) is 0 Å². The van der Waals surface area contributed by atoms with Crippen LogP contribution in [-0.4, -0.2) is 36.3 Å². The Morgan fingerprint density at radius 2 is 2.10 bits per heavy atom. The van der Waals surface area contributed by atoms with Crippen LogP contribution in [0.2, 0.25) is 0 Å². The molecular weight excluding hydrogens is 138 g/mol. The molecule has 1 fully saturated rings. The first kappa shape index (κ1) is 7.23. The van der Waals surface area contributed by atoms with Gasteiger partial charge in [0.25, 0.3) is 0 Å². The second kappa shape index (κ2) is 3.33. The Labute approximate surface area is 57.8 Å². The number of hydrogen-bond donors (Lipinski definition) is 1. The molecule has 1 aliphatic rings. The fraction of sp³-hybridized carbons (Fsp3) is 1.00. The molecule has 0 amide bonds. The van der Waals surface area contributed by atoms with Crippen LogP contribution in [0.3, 0.4) is 0 Å². The molecule has 0 aromatic carbocycles. The van der Waals surface area contributed by atoms with E-state index in [9.17, 15) is 10.1 Å². The van der Waals surface area contributed by atoms with Crippen LogP contribution >= 0.6 is 0 Å². The molecule has 1 rings (SSSR count). The quantitative estimate of drug-likeness (QED) is 0.401. The molecule has 0 radical (unpaired) electrons. The first-order chi connectivity index (χ1) is 4.79. The van der Waals surface area contributed by atoms with Gasteiger partial charge in [-0.15, -0.1) is 15.2 Å². The van der Waals surface area contributed by atoms with Crippen LogP contribution in [0.4, 0.5) is 0 Å². The zero-order valence-electron chi connectivity index (χ0n) is 5.45. The van der Waals surface area contributed by atoms with Gasteiger partial charge in [-0.05, 0) is 0 Å². The van der Waals surface area contributed by atoms with E-state index in [1.165, 1.54) is 5.06 Å². The first-order valence-electron chi connectivity index (χ1n) is 3.07. The van der Waals surface area contributed by atoms with E-state index in [1.807, 2.05) is 0 Å². The minimum Gasteiger partial charge on any atom is -0.314 e. The lowest BCUT2D eigenvalue weighted by molar-refractivity contribution is -0.811. The third kappa shape index (κ3) is 2.16. The molecule has 0 saturated carbocycles. The van der Waals surface area contributed by atoms with E-state index < -0.39 is 5.09 Å². The standard InChI is InChI=1S/C4H9N3O3/c8-7(9)10-6-3-1-5-2-4-6/h5H,1-4H2. The monoisotopic (exact) mass is 147 g/mol. The number of nitrogens with one attached hydrogen (secondary N) is 1. The summed E-state index contributed by atoms with van der Waals surface area (Å²) in [6.07, 6.45) is 0. The minimum atomic E-state index is -0.786. The minimum absolute atomic E-state index is 0.570. The largest absolute Gasteiger partial charge is 0.314 e. The van der Waals surface area contributed by atoms with Crippen LogP contribution in [0, 0.1) is 10.1 Å². The Morgan fingerprint density at radius 3 is 2.60 bits per heavy atom. The highest BCUT2D eigenvalue weighted by atomic mass is 17.0. The van der Waals surface area contributed by atoms with Crippen molar-refractivity contribution in [3.63, 3.8) is 0 Å². The molecule has 58 valence electrons. The molecule has 6 heteroatoms. The van der Waals surface area contributed by atoms with Gasteiger partial charge in [0, 0.05) is 26.2 Å². The van der Waals surface area contributed by atoms with E-state index in [0.29, 0.717) is 13.1 Å². The second-order valence-corrected chi connectivity index (χ2v) is 1.98. The fourth-order valence-corrected chi connectivity index (χ4v) is 0.820. The van der Waals surface area contributed by atoms with E-state index in [2.05, 4.69) is 10.3 Å². The summed E-state index contributed by atoms with van der Waals surface area (Å²) in [7, 11) is 0. The molecule has 1 aliphatic heterocycles. The van der Waals surface area contributed by atoms with Crippen molar-refractivity contribution in [2.24, 2.45) is 0 Å². The van der Waals surface area contributed by atoms with Crippen LogP contribution in [0.25, 0.3) is 0 Å². The van der Waals surface area contributed by atoms with Crippen molar-refractivity contribution in [3.8, 4) is 0 Å².